The second kappa shape index (κ2) is 5.51. The summed E-state index contributed by atoms with van der Waals surface area (Å²) in [6.07, 6.45) is 1.51. The lowest BCUT2D eigenvalue weighted by atomic mass is 10.1. The topological polar surface area (TPSA) is 68.3 Å². The molecule has 0 radical (unpaired) electrons. The molecule has 1 amide bonds. The number of furan rings is 1. The van der Waals surface area contributed by atoms with E-state index in [1.54, 1.807) is 13.0 Å². The minimum Gasteiger partial charge on any atom is -0.469 e. The van der Waals surface area contributed by atoms with Crippen LogP contribution in [0.3, 0.4) is 0 Å². The molecule has 0 unspecified atom stereocenters. The highest BCUT2D eigenvalue weighted by Gasteiger charge is 2.10. The standard InChI is InChI=1S/C14H16N2O2/c1-10-13(6-7-18-10)14(17)16-9-12-4-2-11(8-15)3-5-12/h2-7H,8-9,15H2,1H3,(H,16,17). The summed E-state index contributed by atoms with van der Waals surface area (Å²) in [5, 5.41) is 2.85. The molecule has 3 N–H and O–H groups in total. The van der Waals surface area contributed by atoms with Gasteiger partial charge in [-0.1, -0.05) is 24.3 Å². The van der Waals surface area contributed by atoms with Gasteiger partial charge in [0, 0.05) is 13.1 Å². The Bertz CT molecular complexity index is 529. The van der Waals surface area contributed by atoms with Crippen LogP contribution in [0, 0.1) is 6.92 Å². The molecule has 0 saturated carbocycles. The molecule has 0 aliphatic heterocycles. The summed E-state index contributed by atoms with van der Waals surface area (Å²) in [4.78, 5) is 11.8. The van der Waals surface area contributed by atoms with E-state index in [1.807, 2.05) is 24.3 Å². The summed E-state index contributed by atoms with van der Waals surface area (Å²) in [5.74, 6) is 0.509. The lowest BCUT2D eigenvalue weighted by Gasteiger charge is -2.05. The van der Waals surface area contributed by atoms with Gasteiger partial charge in [0.1, 0.15) is 5.76 Å². The van der Waals surface area contributed by atoms with Gasteiger partial charge in [0.05, 0.1) is 11.8 Å². The molecule has 0 aliphatic rings. The van der Waals surface area contributed by atoms with Gasteiger partial charge in [-0.05, 0) is 24.1 Å². The Balaban J connectivity index is 1.95. The molecule has 0 aliphatic carbocycles. The zero-order valence-corrected chi connectivity index (χ0v) is 10.3. The van der Waals surface area contributed by atoms with Crippen molar-refractivity contribution in [2.45, 2.75) is 20.0 Å². The zero-order valence-electron chi connectivity index (χ0n) is 10.3. The number of nitrogens with one attached hydrogen (secondary N) is 1. The van der Waals surface area contributed by atoms with Crippen molar-refractivity contribution in [3.63, 3.8) is 0 Å². The maximum atomic E-state index is 11.8. The van der Waals surface area contributed by atoms with Crippen LogP contribution < -0.4 is 11.1 Å². The summed E-state index contributed by atoms with van der Waals surface area (Å²) in [6.45, 7) is 2.79. The molecule has 0 fully saturated rings. The lowest BCUT2D eigenvalue weighted by molar-refractivity contribution is 0.0949. The largest absolute Gasteiger partial charge is 0.469 e. The first-order valence-corrected chi connectivity index (χ1v) is 5.81. The SMILES string of the molecule is Cc1occc1C(=O)NCc1ccc(CN)cc1. The first kappa shape index (κ1) is 12.4. The third-order valence-corrected chi connectivity index (χ3v) is 2.82. The monoisotopic (exact) mass is 244 g/mol. The summed E-state index contributed by atoms with van der Waals surface area (Å²) < 4.78 is 5.09. The number of hydrogen-bond donors (Lipinski definition) is 2. The average molecular weight is 244 g/mol. The van der Waals surface area contributed by atoms with Gasteiger partial charge in [-0.2, -0.15) is 0 Å². The minimum absolute atomic E-state index is 0.121. The predicted molar refractivity (Wildman–Crippen MR) is 68.9 cm³/mol. The Hall–Kier alpha value is -2.07. The van der Waals surface area contributed by atoms with E-state index in [1.165, 1.54) is 6.26 Å². The second-order valence-electron chi connectivity index (χ2n) is 4.09. The number of carbonyl (C=O) groups is 1. The molecular formula is C14H16N2O2. The molecule has 0 bridgehead atoms. The molecule has 0 atom stereocenters. The van der Waals surface area contributed by atoms with Crippen molar-refractivity contribution in [2.75, 3.05) is 0 Å². The molecule has 2 rings (SSSR count). The van der Waals surface area contributed by atoms with Gasteiger partial charge >= 0.3 is 0 Å². The van der Waals surface area contributed by atoms with E-state index in [2.05, 4.69) is 5.32 Å². The molecular weight excluding hydrogens is 228 g/mol. The van der Waals surface area contributed by atoms with Crippen LogP contribution in [-0.4, -0.2) is 5.91 Å². The smallest absolute Gasteiger partial charge is 0.255 e. The van der Waals surface area contributed by atoms with Crippen molar-refractivity contribution in [1.82, 2.24) is 5.32 Å². The highest BCUT2D eigenvalue weighted by atomic mass is 16.3. The predicted octanol–water partition coefficient (Wildman–Crippen LogP) is 1.98. The number of amides is 1. The molecule has 1 aromatic carbocycles. The van der Waals surface area contributed by atoms with Gasteiger partial charge < -0.3 is 15.5 Å². The fourth-order valence-electron chi connectivity index (χ4n) is 1.69. The highest BCUT2D eigenvalue weighted by molar-refractivity contribution is 5.94. The molecule has 0 saturated heterocycles. The number of rotatable bonds is 4. The Kier molecular flexibility index (Phi) is 3.79. The molecule has 1 heterocycles. The van der Waals surface area contributed by atoms with E-state index >= 15 is 0 Å². The normalized spacial score (nSPS) is 10.3. The Morgan fingerprint density at radius 1 is 1.22 bits per heavy atom. The van der Waals surface area contributed by atoms with Gasteiger partial charge in [-0.3, -0.25) is 4.79 Å². The van der Waals surface area contributed by atoms with Gasteiger partial charge in [0.25, 0.3) is 5.91 Å². The maximum absolute atomic E-state index is 11.8. The van der Waals surface area contributed by atoms with Crippen LogP contribution in [0.25, 0.3) is 0 Å². The zero-order chi connectivity index (χ0) is 13.0. The Morgan fingerprint density at radius 2 is 1.89 bits per heavy atom. The van der Waals surface area contributed by atoms with Gasteiger partial charge in [0.2, 0.25) is 0 Å². The van der Waals surface area contributed by atoms with Crippen molar-refractivity contribution in [3.05, 3.63) is 59.0 Å². The first-order valence-electron chi connectivity index (χ1n) is 5.81. The van der Waals surface area contributed by atoms with Crippen molar-refractivity contribution >= 4 is 5.91 Å². The average Bonchev–Trinajstić information content (AvgIpc) is 2.83. The van der Waals surface area contributed by atoms with Crippen molar-refractivity contribution in [3.8, 4) is 0 Å². The van der Waals surface area contributed by atoms with E-state index in [0.29, 0.717) is 24.4 Å². The minimum atomic E-state index is -0.121. The molecule has 4 heteroatoms. The second-order valence-corrected chi connectivity index (χ2v) is 4.09. The van der Waals surface area contributed by atoms with E-state index in [-0.39, 0.29) is 5.91 Å². The molecule has 4 nitrogen and oxygen atoms in total. The highest BCUT2D eigenvalue weighted by Crippen LogP contribution is 2.09. The number of carbonyl (C=O) groups excluding carboxylic acids is 1. The third kappa shape index (κ3) is 2.78. The van der Waals surface area contributed by atoms with Crippen molar-refractivity contribution < 1.29 is 9.21 Å². The van der Waals surface area contributed by atoms with Crippen LogP contribution in [-0.2, 0) is 13.1 Å². The summed E-state index contributed by atoms with van der Waals surface area (Å²) in [6, 6.07) is 9.52. The quantitative estimate of drug-likeness (QED) is 0.864. The van der Waals surface area contributed by atoms with Crippen LogP contribution in [0.1, 0.15) is 27.2 Å². The van der Waals surface area contributed by atoms with Gasteiger partial charge in [0.15, 0.2) is 0 Å². The summed E-state index contributed by atoms with van der Waals surface area (Å²) in [7, 11) is 0. The fraction of sp³-hybridized carbons (Fsp3) is 0.214. The van der Waals surface area contributed by atoms with Crippen LogP contribution in [0.5, 0.6) is 0 Å². The molecule has 1 aromatic heterocycles. The molecule has 94 valence electrons. The van der Waals surface area contributed by atoms with E-state index in [4.69, 9.17) is 10.2 Å². The maximum Gasteiger partial charge on any atom is 0.255 e. The fourth-order valence-corrected chi connectivity index (χ4v) is 1.69. The number of aryl methyl sites for hydroxylation is 1. The van der Waals surface area contributed by atoms with Crippen LogP contribution in [0.15, 0.2) is 41.0 Å². The molecule has 18 heavy (non-hydrogen) atoms. The van der Waals surface area contributed by atoms with Gasteiger partial charge in [-0.25, -0.2) is 0 Å². The van der Waals surface area contributed by atoms with E-state index < -0.39 is 0 Å². The van der Waals surface area contributed by atoms with Crippen LogP contribution in [0.4, 0.5) is 0 Å². The Labute approximate surface area is 106 Å². The van der Waals surface area contributed by atoms with Crippen LogP contribution in [0.2, 0.25) is 0 Å². The van der Waals surface area contributed by atoms with Crippen molar-refractivity contribution in [1.29, 1.82) is 0 Å². The van der Waals surface area contributed by atoms with Crippen molar-refractivity contribution in [2.24, 2.45) is 5.73 Å². The van der Waals surface area contributed by atoms with E-state index in [0.717, 1.165) is 11.1 Å². The number of nitrogens with two attached hydrogens (primary N) is 1. The summed E-state index contributed by atoms with van der Waals surface area (Å²) in [5.41, 5.74) is 8.22. The molecule has 2 aromatic rings. The van der Waals surface area contributed by atoms with Crippen LogP contribution >= 0.6 is 0 Å². The first-order chi connectivity index (χ1) is 8.70. The van der Waals surface area contributed by atoms with E-state index in [9.17, 15) is 4.79 Å². The lowest BCUT2D eigenvalue weighted by Crippen LogP contribution is -2.22. The third-order valence-electron chi connectivity index (χ3n) is 2.82. The summed E-state index contributed by atoms with van der Waals surface area (Å²) >= 11 is 0. The number of benzene rings is 1. The number of hydrogen-bond acceptors (Lipinski definition) is 3. The Morgan fingerprint density at radius 3 is 2.44 bits per heavy atom. The van der Waals surface area contributed by atoms with Gasteiger partial charge in [-0.15, -0.1) is 0 Å². The molecule has 0 spiro atoms.